The predicted octanol–water partition coefficient (Wildman–Crippen LogP) is 1.47. The molecule has 0 bridgehead atoms. The molecule has 106 valence electrons. The molecule has 0 saturated heterocycles. The number of ketones is 1. The van der Waals surface area contributed by atoms with Gasteiger partial charge in [-0.05, 0) is 18.9 Å². The molecule has 1 aliphatic carbocycles. The van der Waals surface area contributed by atoms with E-state index in [2.05, 4.69) is 5.10 Å². The molecule has 0 radical (unpaired) electrons. The van der Waals surface area contributed by atoms with Crippen molar-refractivity contribution in [1.82, 2.24) is 9.78 Å². The van der Waals surface area contributed by atoms with Crippen LogP contribution in [0.5, 0.6) is 0 Å². The summed E-state index contributed by atoms with van der Waals surface area (Å²) < 4.78 is 6.91. The molecule has 1 fully saturated rings. The highest BCUT2D eigenvalue weighted by atomic mass is 16.5. The molecule has 0 amide bonds. The lowest BCUT2D eigenvalue weighted by molar-refractivity contribution is -0.120. The molecule has 5 nitrogen and oxygen atoms in total. The summed E-state index contributed by atoms with van der Waals surface area (Å²) in [5.41, 5.74) is 6.52. The van der Waals surface area contributed by atoms with Gasteiger partial charge >= 0.3 is 0 Å². The first-order chi connectivity index (χ1) is 9.20. The average Bonchev–Trinajstić information content (AvgIpc) is 2.88. The zero-order valence-corrected chi connectivity index (χ0v) is 11.5. The van der Waals surface area contributed by atoms with Gasteiger partial charge in [0.15, 0.2) is 5.78 Å². The van der Waals surface area contributed by atoms with Crippen molar-refractivity contribution < 1.29 is 9.53 Å². The van der Waals surface area contributed by atoms with Crippen LogP contribution < -0.4 is 5.73 Å². The second-order valence-electron chi connectivity index (χ2n) is 5.28. The third-order valence-corrected chi connectivity index (χ3v) is 3.73. The van der Waals surface area contributed by atoms with Crippen LogP contribution in [0.1, 0.15) is 43.8 Å². The number of carbonyl (C=O) groups excluding carboxylic acids is 1. The van der Waals surface area contributed by atoms with E-state index < -0.39 is 6.04 Å². The van der Waals surface area contributed by atoms with E-state index in [1.165, 1.54) is 32.1 Å². The zero-order valence-electron chi connectivity index (χ0n) is 11.5. The van der Waals surface area contributed by atoms with Crippen LogP contribution in [-0.4, -0.2) is 35.3 Å². The van der Waals surface area contributed by atoms with Gasteiger partial charge in [0, 0.05) is 13.3 Å². The number of nitrogens with zero attached hydrogens (tertiary/aromatic N) is 2. The Morgan fingerprint density at radius 1 is 1.53 bits per heavy atom. The topological polar surface area (TPSA) is 70.1 Å². The maximum atomic E-state index is 11.8. The normalized spacial score (nSPS) is 18.4. The second kappa shape index (κ2) is 6.82. The molecule has 5 heteroatoms. The highest BCUT2D eigenvalue weighted by molar-refractivity contribution is 5.85. The maximum Gasteiger partial charge on any atom is 0.157 e. The van der Waals surface area contributed by atoms with Crippen LogP contribution in [0, 0.1) is 0 Å². The summed E-state index contributed by atoms with van der Waals surface area (Å²) >= 11 is 0. The summed E-state index contributed by atoms with van der Waals surface area (Å²) in [6, 6.07) is 1.88. The van der Waals surface area contributed by atoms with Gasteiger partial charge in [-0.3, -0.25) is 9.48 Å². The van der Waals surface area contributed by atoms with Crippen molar-refractivity contribution in [3.05, 3.63) is 18.0 Å². The summed E-state index contributed by atoms with van der Waals surface area (Å²) in [6.07, 6.45) is 8.55. The summed E-state index contributed by atoms with van der Waals surface area (Å²) in [4.78, 5) is 11.8. The average molecular weight is 265 g/mol. The fraction of sp³-hybridized carbons (Fsp3) is 0.714. The number of Topliss-reactive ketones (excluding diaryl/α,β-unsaturated/α-hetero) is 1. The van der Waals surface area contributed by atoms with Gasteiger partial charge in [-0.2, -0.15) is 5.10 Å². The Hall–Kier alpha value is -1.20. The van der Waals surface area contributed by atoms with Gasteiger partial charge < -0.3 is 10.5 Å². The van der Waals surface area contributed by atoms with Crippen LogP contribution in [0.15, 0.2) is 12.3 Å². The van der Waals surface area contributed by atoms with E-state index in [0.717, 1.165) is 5.69 Å². The lowest BCUT2D eigenvalue weighted by Gasteiger charge is -2.21. The maximum absolute atomic E-state index is 11.8. The zero-order chi connectivity index (χ0) is 13.7. The molecule has 1 unspecified atom stereocenters. The third-order valence-electron chi connectivity index (χ3n) is 3.73. The van der Waals surface area contributed by atoms with Gasteiger partial charge in [-0.25, -0.2) is 0 Å². The molecule has 1 heterocycles. The van der Waals surface area contributed by atoms with E-state index in [4.69, 9.17) is 10.5 Å². The van der Waals surface area contributed by atoms with Gasteiger partial charge in [-0.15, -0.1) is 0 Å². The van der Waals surface area contributed by atoms with Crippen molar-refractivity contribution in [2.45, 2.75) is 50.6 Å². The smallest absolute Gasteiger partial charge is 0.157 e. The van der Waals surface area contributed by atoms with Crippen LogP contribution in [0.4, 0.5) is 0 Å². The highest BCUT2D eigenvalue weighted by Gasteiger charge is 2.18. The third kappa shape index (κ3) is 3.88. The van der Waals surface area contributed by atoms with E-state index in [1.807, 2.05) is 16.9 Å². The van der Waals surface area contributed by atoms with Gasteiger partial charge in [0.1, 0.15) is 0 Å². The fourth-order valence-electron chi connectivity index (χ4n) is 2.60. The first-order valence-electron chi connectivity index (χ1n) is 7.02. The van der Waals surface area contributed by atoms with Crippen molar-refractivity contribution >= 4 is 5.78 Å². The first-order valence-corrected chi connectivity index (χ1v) is 7.02. The largest absolute Gasteiger partial charge is 0.383 e. The Morgan fingerprint density at radius 2 is 2.26 bits per heavy atom. The molecule has 19 heavy (non-hydrogen) atoms. The highest BCUT2D eigenvalue weighted by Crippen LogP contribution is 2.27. The second-order valence-corrected chi connectivity index (χ2v) is 5.28. The van der Waals surface area contributed by atoms with E-state index in [1.54, 1.807) is 7.11 Å². The SMILES string of the molecule is COCC(N)C(=O)Cc1ccn(C2CCCCC2)n1. The molecule has 0 aromatic carbocycles. The number of hydrogen-bond donors (Lipinski definition) is 1. The molecular weight excluding hydrogens is 242 g/mol. The molecule has 1 aliphatic rings. The van der Waals surface area contributed by atoms with Crippen LogP contribution in [0.2, 0.25) is 0 Å². The van der Waals surface area contributed by atoms with Gasteiger partial charge in [0.2, 0.25) is 0 Å². The standard InChI is InChI=1S/C14H23N3O2/c1-19-10-13(15)14(18)9-11-7-8-17(16-11)12-5-3-2-4-6-12/h7-8,12-13H,2-6,9-10,15H2,1H3. The van der Waals surface area contributed by atoms with Crippen LogP contribution in [0.25, 0.3) is 0 Å². The van der Waals surface area contributed by atoms with Crippen molar-refractivity contribution in [3.8, 4) is 0 Å². The molecule has 0 spiro atoms. The van der Waals surface area contributed by atoms with Gasteiger partial charge in [0.25, 0.3) is 0 Å². The lowest BCUT2D eigenvalue weighted by atomic mass is 9.96. The molecular formula is C14H23N3O2. The van der Waals surface area contributed by atoms with E-state index in [-0.39, 0.29) is 12.4 Å². The summed E-state index contributed by atoms with van der Waals surface area (Å²) in [5, 5.41) is 4.52. The molecule has 2 N–H and O–H groups in total. The minimum absolute atomic E-state index is 0.0178. The Kier molecular flexibility index (Phi) is 5.10. The van der Waals surface area contributed by atoms with Crippen molar-refractivity contribution in [2.75, 3.05) is 13.7 Å². The molecule has 0 aliphatic heterocycles. The number of methoxy groups -OCH3 is 1. The Balaban J connectivity index is 1.91. The quantitative estimate of drug-likeness (QED) is 0.845. The Morgan fingerprint density at radius 3 is 2.95 bits per heavy atom. The monoisotopic (exact) mass is 265 g/mol. The molecule has 1 aromatic rings. The van der Waals surface area contributed by atoms with Crippen molar-refractivity contribution in [2.24, 2.45) is 5.73 Å². The number of nitrogens with two attached hydrogens (primary N) is 1. The number of ether oxygens (including phenoxy) is 1. The molecule has 1 saturated carbocycles. The van der Waals surface area contributed by atoms with Crippen LogP contribution in [-0.2, 0) is 16.0 Å². The van der Waals surface area contributed by atoms with Gasteiger partial charge in [0.05, 0.1) is 30.8 Å². The molecule has 1 atom stereocenters. The summed E-state index contributed by atoms with van der Waals surface area (Å²) in [5.74, 6) is -0.0178. The van der Waals surface area contributed by atoms with Crippen molar-refractivity contribution in [1.29, 1.82) is 0 Å². The number of aromatic nitrogens is 2. The minimum Gasteiger partial charge on any atom is -0.383 e. The molecule has 1 aromatic heterocycles. The van der Waals surface area contributed by atoms with Crippen LogP contribution in [0.3, 0.4) is 0 Å². The van der Waals surface area contributed by atoms with E-state index >= 15 is 0 Å². The number of hydrogen-bond acceptors (Lipinski definition) is 4. The van der Waals surface area contributed by atoms with Crippen LogP contribution >= 0.6 is 0 Å². The predicted molar refractivity (Wildman–Crippen MR) is 72.9 cm³/mol. The van der Waals surface area contributed by atoms with Crippen molar-refractivity contribution in [3.63, 3.8) is 0 Å². The number of rotatable bonds is 6. The van der Waals surface area contributed by atoms with E-state index in [9.17, 15) is 4.79 Å². The molecule has 2 rings (SSSR count). The summed E-state index contributed by atoms with van der Waals surface area (Å²) in [6.45, 7) is 0.266. The Bertz CT molecular complexity index is 411. The minimum atomic E-state index is -0.551. The Labute approximate surface area is 114 Å². The first kappa shape index (κ1) is 14.2. The fourth-order valence-corrected chi connectivity index (χ4v) is 2.60. The summed E-state index contributed by atoms with van der Waals surface area (Å²) in [7, 11) is 1.55. The van der Waals surface area contributed by atoms with E-state index in [0.29, 0.717) is 12.5 Å². The lowest BCUT2D eigenvalue weighted by Crippen LogP contribution is -2.36. The van der Waals surface area contributed by atoms with Gasteiger partial charge in [-0.1, -0.05) is 19.3 Å². The number of carbonyl (C=O) groups is 1.